The maximum atomic E-state index is 9.10. The molecule has 0 rings (SSSR count). The van der Waals surface area contributed by atoms with Crippen molar-refractivity contribution < 1.29 is 5.11 Å². The third kappa shape index (κ3) is 7.35. The van der Waals surface area contributed by atoms with E-state index in [9.17, 15) is 0 Å². The van der Waals surface area contributed by atoms with Crippen molar-refractivity contribution in [1.29, 1.82) is 0 Å². The highest BCUT2D eigenvalue weighted by Gasteiger charge is 2.08. The van der Waals surface area contributed by atoms with E-state index in [0.717, 1.165) is 12.8 Å². The van der Waals surface area contributed by atoms with Crippen LogP contribution < -0.4 is 5.32 Å². The van der Waals surface area contributed by atoms with E-state index >= 15 is 0 Å². The van der Waals surface area contributed by atoms with Gasteiger partial charge < -0.3 is 10.4 Å². The van der Waals surface area contributed by atoms with Gasteiger partial charge in [-0.1, -0.05) is 6.92 Å². The number of aliphatic hydroxyl groups is 1. The summed E-state index contributed by atoms with van der Waals surface area (Å²) in [4.78, 5) is 0. The lowest BCUT2D eigenvalue weighted by Crippen LogP contribution is -2.38. The molecule has 0 aromatic rings. The third-order valence-corrected chi connectivity index (χ3v) is 2.95. The van der Waals surface area contributed by atoms with Crippen molar-refractivity contribution in [3.8, 4) is 0 Å². The van der Waals surface area contributed by atoms with Gasteiger partial charge in [0.1, 0.15) is 0 Å². The normalized spacial score (nSPS) is 15.7. The monoisotopic (exact) mass is 205 g/mol. The van der Waals surface area contributed by atoms with Crippen molar-refractivity contribution >= 4 is 11.8 Å². The predicted molar refractivity (Wildman–Crippen MR) is 61.4 cm³/mol. The van der Waals surface area contributed by atoms with Crippen LogP contribution in [0, 0.1) is 0 Å². The summed E-state index contributed by atoms with van der Waals surface area (Å²) in [6, 6.07) is 0.813. The number of thioether (sulfide) groups is 1. The van der Waals surface area contributed by atoms with E-state index in [1.165, 1.54) is 12.2 Å². The van der Waals surface area contributed by atoms with Crippen LogP contribution in [0.2, 0.25) is 0 Å². The number of aliphatic hydroxyl groups excluding tert-OH is 1. The lowest BCUT2D eigenvalue weighted by atomic mass is 10.1. The maximum Gasteiger partial charge on any atom is 0.0584 e. The molecule has 13 heavy (non-hydrogen) atoms. The average Bonchev–Trinajstić information content (AvgIpc) is 2.16. The van der Waals surface area contributed by atoms with E-state index in [4.69, 9.17) is 5.11 Å². The molecule has 0 fully saturated rings. The van der Waals surface area contributed by atoms with Crippen LogP contribution in [0.25, 0.3) is 0 Å². The molecular weight excluding hydrogens is 182 g/mol. The van der Waals surface area contributed by atoms with Crippen LogP contribution >= 0.6 is 11.8 Å². The molecule has 0 aromatic heterocycles. The van der Waals surface area contributed by atoms with Gasteiger partial charge in [-0.3, -0.25) is 0 Å². The molecule has 0 saturated heterocycles. The van der Waals surface area contributed by atoms with Gasteiger partial charge in [-0.2, -0.15) is 11.8 Å². The van der Waals surface area contributed by atoms with Gasteiger partial charge in [0.25, 0.3) is 0 Å². The average molecular weight is 205 g/mol. The van der Waals surface area contributed by atoms with Crippen LogP contribution in [0.15, 0.2) is 0 Å². The number of rotatable bonds is 8. The lowest BCUT2D eigenvalue weighted by Gasteiger charge is -2.20. The molecule has 0 amide bonds. The molecule has 0 aliphatic carbocycles. The van der Waals surface area contributed by atoms with Crippen LogP contribution in [0.5, 0.6) is 0 Å². The van der Waals surface area contributed by atoms with Crippen molar-refractivity contribution in [3.05, 3.63) is 0 Å². The smallest absolute Gasteiger partial charge is 0.0584 e. The van der Waals surface area contributed by atoms with Crippen molar-refractivity contribution in [2.45, 2.75) is 45.2 Å². The zero-order valence-electron chi connectivity index (χ0n) is 9.05. The Morgan fingerprint density at radius 2 is 2.15 bits per heavy atom. The van der Waals surface area contributed by atoms with Gasteiger partial charge in [0, 0.05) is 12.1 Å². The van der Waals surface area contributed by atoms with Crippen LogP contribution in [0.4, 0.5) is 0 Å². The Labute approximate surface area is 86.5 Å². The summed E-state index contributed by atoms with van der Waals surface area (Å²) < 4.78 is 0. The van der Waals surface area contributed by atoms with Gasteiger partial charge in [0.2, 0.25) is 0 Å². The molecule has 3 heteroatoms. The van der Waals surface area contributed by atoms with E-state index in [0.29, 0.717) is 12.1 Å². The molecule has 0 heterocycles. The van der Waals surface area contributed by atoms with Crippen molar-refractivity contribution in [3.63, 3.8) is 0 Å². The number of nitrogens with one attached hydrogen (secondary N) is 1. The summed E-state index contributed by atoms with van der Waals surface area (Å²) in [6.07, 6.45) is 5.52. The summed E-state index contributed by atoms with van der Waals surface area (Å²) in [5, 5.41) is 12.5. The highest BCUT2D eigenvalue weighted by Crippen LogP contribution is 2.04. The number of hydrogen-bond acceptors (Lipinski definition) is 3. The topological polar surface area (TPSA) is 32.3 Å². The Balaban J connectivity index is 3.50. The first-order valence-electron chi connectivity index (χ1n) is 5.10. The zero-order chi connectivity index (χ0) is 10.1. The van der Waals surface area contributed by atoms with Gasteiger partial charge in [-0.15, -0.1) is 0 Å². The van der Waals surface area contributed by atoms with Crippen LogP contribution in [0.1, 0.15) is 33.1 Å². The Kier molecular flexibility index (Phi) is 9.03. The second kappa shape index (κ2) is 8.85. The SMILES string of the molecule is CCC(C)NC(CO)CCCSC. The van der Waals surface area contributed by atoms with Crippen molar-refractivity contribution in [2.24, 2.45) is 0 Å². The highest BCUT2D eigenvalue weighted by atomic mass is 32.2. The molecule has 0 aliphatic rings. The molecule has 2 N–H and O–H groups in total. The van der Waals surface area contributed by atoms with E-state index < -0.39 is 0 Å². The molecule has 2 atom stereocenters. The molecule has 0 saturated carbocycles. The molecule has 0 aliphatic heterocycles. The summed E-state index contributed by atoms with van der Waals surface area (Å²) in [5.74, 6) is 1.19. The fourth-order valence-electron chi connectivity index (χ4n) is 1.22. The minimum absolute atomic E-state index is 0.263. The molecule has 2 unspecified atom stereocenters. The quantitative estimate of drug-likeness (QED) is 0.593. The van der Waals surface area contributed by atoms with Gasteiger partial charge in [0.15, 0.2) is 0 Å². The summed E-state index contributed by atoms with van der Waals surface area (Å²) in [6.45, 7) is 4.59. The van der Waals surface area contributed by atoms with Crippen LogP contribution in [-0.2, 0) is 0 Å². The lowest BCUT2D eigenvalue weighted by molar-refractivity contribution is 0.224. The fraction of sp³-hybridized carbons (Fsp3) is 1.00. The maximum absolute atomic E-state index is 9.10. The Morgan fingerprint density at radius 1 is 1.46 bits per heavy atom. The van der Waals surface area contributed by atoms with Crippen molar-refractivity contribution in [2.75, 3.05) is 18.6 Å². The molecule has 0 aromatic carbocycles. The minimum atomic E-state index is 0.263. The highest BCUT2D eigenvalue weighted by molar-refractivity contribution is 7.98. The molecule has 0 radical (unpaired) electrons. The first kappa shape index (κ1) is 13.3. The van der Waals surface area contributed by atoms with Gasteiger partial charge in [-0.25, -0.2) is 0 Å². The summed E-state index contributed by atoms with van der Waals surface area (Å²) >= 11 is 1.87. The first-order valence-corrected chi connectivity index (χ1v) is 6.49. The minimum Gasteiger partial charge on any atom is -0.395 e. The fourth-order valence-corrected chi connectivity index (χ4v) is 1.68. The van der Waals surface area contributed by atoms with Crippen LogP contribution in [-0.4, -0.2) is 35.8 Å². The van der Waals surface area contributed by atoms with Crippen molar-refractivity contribution in [1.82, 2.24) is 5.32 Å². The third-order valence-electron chi connectivity index (χ3n) is 2.25. The molecule has 80 valence electrons. The Morgan fingerprint density at radius 3 is 2.62 bits per heavy atom. The summed E-state index contributed by atoms with van der Waals surface area (Å²) in [5.41, 5.74) is 0. The van der Waals surface area contributed by atoms with E-state index in [2.05, 4.69) is 25.4 Å². The van der Waals surface area contributed by atoms with E-state index in [-0.39, 0.29) is 6.61 Å². The Bertz CT molecular complexity index is 111. The second-order valence-electron chi connectivity index (χ2n) is 3.49. The van der Waals surface area contributed by atoms with E-state index in [1.54, 1.807) is 0 Å². The largest absolute Gasteiger partial charge is 0.395 e. The molecule has 0 bridgehead atoms. The summed E-state index contributed by atoms with van der Waals surface area (Å²) in [7, 11) is 0. The Hall–Kier alpha value is 0.270. The van der Waals surface area contributed by atoms with Gasteiger partial charge in [0.05, 0.1) is 6.61 Å². The van der Waals surface area contributed by atoms with Crippen LogP contribution in [0.3, 0.4) is 0 Å². The van der Waals surface area contributed by atoms with E-state index in [1.807, 2.05) is 11.8 Å². The second-order valence-corrected chi connectivity index (χ2v) is 4.48. The standard InChI is InChI=1S/C10H23NOS/c1-4-9(2)11-10(8-12)6-5-7-13-3/h9-12H,4-8H2,1-3H3. The zero-order valence-corrected chi connectivity index (χ0v) is 9.86. The molecular formula is C10H23NOS. The first-order chi connectivity index (χ1) is 6.24. The molecule has 2 nitrogen and oxygen atoms in total. The molecule has 0 spiro atoms. The van der Waals surface area contributed by atoms with Gasteiger partial charge >= 0.3 is 0 Å². The predicted octanol–water partition coefficient (Wildman–Crippen LogP) is 1.88. The van der Waals surface area contributed by atoms with Gasteiger partial charge in [-0.05, 0) is 38.2 Å². The number of hydrogen-bond donors (Lipinski definition) is 2.